The lowest BCUT2D eigenvalue weighted by atomic mass is 10.4. The van der Waals surface area contributed by atoms with Crippen LogP contribution >= 0.6 is 0 Å². The summed E-state index contributed by atoms with van der Waals surface area (Å²) in [6, 6.07) is 0. The van der Waals surface area contributed by atoms with Crippen molar-refractivity contribution in [3.05, 3.63) is 30.6 Å². The van der Waals surface area contributed by atoms with E-state index in [1.165, 1.54) is 0 Å². The lowest BCUT2D eigenvalue weighted by Gasteiger charge is -2.02. The van der Waals surface area contributed by atoms with Gasteiger partial charge in [0.1, 0.15) is 0 Å². The van der Waals surface area contributed by atoms with Crippen LogP contribution in [0.5, 0.6) is 0 Å². The molecule has 0 unspecified atom stereocenters. The number of imidazole rings is 1. The topological polar surface area (TPSA) is 105 Å². The molecule has 7 nitrogen and oxygen atoms in total. The quantitative estimate of drug-likeness (QED) is 0.750. The first-order chi connectivity index (χ1) is 8.16. The number of primary amides is 1. The summed E-state index contributed by atoms with van der Waals surface area (Å²) in [4.78, 5) is 14.9. The lowest BCUT2D eigenvalue weighted by Crippen LogP contribution is -2.14. The minimum atomic E-state index is -0.601. The molecule has 7 heteroatoms. The summed E-state index contributed by atoms with van der Waals surface area (Å²) in [5.74, 6) is -0.601. The molecule has 2 aromatic rings. The Bertz CT molecular complexity index is 501. The van der Waals surface area contributed by atoms with E-state index >= 15 is 0 Å². The average Bonchev–Trinajstić information content (AvgIpc) is 2.88. The van der Waals surface area contributed by atoms with Gasteiger partial charge in [-0.05, 0) is 6.42 Å². The molecule has 0 aliphatic carbocycles. The molecule has 2 aromatic heterocycles. The van der Waals surface area contributed by atoms with Gasteiger partial charge < -0.3 is 16.0 Å². The SMILES string of the molecule is NC(=O)c1nn(CCCn2ccnc2)cc1N. The zero-order valence-electron chi connectivity index (χ0n) is 9.28. The summed E-state index contributed by atoms with van der Waals surface area (Å²) in [7, 11) is 0. The molecule has 4 N–H and O–H groups in total. The van der Waals surface area contributed by atoms with E-state index in [-0.39, 0.29) is 5.69 Å². The van der Waals surface area contributed by atoms with Crippen LogP contribution in [0.2, 0.25) is 0 Å². The maximum absolute atomic E-state index is 10.9. The molecular weight excluding hydrogens is 220 g/mol. The Hall–Kier alpha value is -2.31. The molecule has 0 atom stereocenters. The summed E-state index contributed by atoms with van der Waals surface area (Å²) in [6.45, 7) is 1.52. The maximum atomic E-state index is 10.9. The van der Waals surface area contributed by atoms with E-state index in [1.54, 1.807) is 23.4 Å². The van der Waals surface area contributed by atoms with Gasteiger partial charge in [-0.1, -0.05) is 0 Å². The molecule has 17 heavy (non-hydrogen) atoms. The van der Waals surface area contributed by atoms with Gasteiger partial charge >= 0.3 is 0 Å². The van der Waals surface area contributed by atoms with Crippen LogP contribution in [0.25, 0.3) is 0 Å². The predicted molar refractivity (Wildman–Crippen MR) is 62.0 cm³/mol. The summed E-state index contributed by atoms with van der Waals surface area (Å²) in [6.07, 6.45) is 7.87. The number of hydrogen-bond acceptors (Lipinski definition) is 4. The third-order valence-corrected chi connectivity index (χ3v) is 2.39. The van der Waals surface area contributed by atoms with Crippen LogP contribution in [-0.4, -0.2) is 25.2 Å². The molecule has 0 saturated carbocycles. The number of anilines is 1. The number of nitrogen functional groups attached to an aromatic ring is 1. The molecular formula is C10H14N6O. The maximum Gasteiger partial charge on any atom is 0.271 e. The second kappa shape index (κ2) is 4.69. The number of carbonyl (C=O) groups is 1. The van der Waals surface area contributed by atoms with E-state index in [4.69, 9.17) is 11.5 Å². The molecule has 0 aliphatic heterocycles. The standard InChI is InChI=1S/C10H14N6O/c11-8-6-16(14-9(8)10(12)17)4-1-3-15-5-2-13-7-15/h2,5-7H,1,3-4,11H2,(H2,12,17). The van der Waals surface area contributed by atoms with Crippen molar-refractivity contribution >= 4 is 11.6 Å². The van der Waals surface area contributed by atoms with E-state index in [9.17, 15) is 4.79 Å². The Kier molecular flexibility index (Phi) is 3.08. The van der Waals surface area contributed by atoms with Gasteiger partial charge in [0.15, 0.2) is 5.69 Å². The van der Waals surface area contributed by atoms with E-state index in [1.807, 2.05) is 10.8 Å². The van der Waals surface area contributed by atoms with Crippen LogP contribution < -0.4 is 11.5 Å². The van der Waals surface area contributed by atoms with Crippen LogP contribution in [0.4, 0.5) is 5.69 Å². The second-order valence-corrected chi connectivity index (χ2v) is 3.71. The van der Waals surface area contributed by atoms with Gasteiger partial charge in [-0.3, -0.25) is 9.48 Å². The first-order valence-electron chi connectivity index (χ1n) is 5.25. The van der Waals surface area contributed by atoms with E-state index in [2.05, 4.69) is 10.1 Å². The normalized spacial score (nSPS) is 10.6. The van der Waals surface area contributed by atoms with E-state index in [0.717, 1.165) is 13.0 Å². The minimum Gasteiger partial charge on any atom is -0.396 e. The summed E-state index contributed by atoms with van der Waals surface area (Å²) in [5, 5.41) is 4.02. The fourth-order valence-electron chi connectivity index (χ4n) is 1.58. The van der Waals surface area contributed by atoms with Gasteiger partial charge in [0.05, 0.1) is 12.0 Å². The average molecular weight is 234 g/mol. The smallest absolute Gasteiger partial charge is 0.271 e. The van der Waals surface area contributed by atoms with Crippen LogP contribution in [0, 0.1) is 0 Å². The highest BCUT2D eigenvalue weighted by atomic mass is 16.1. The van der Waals surface area contributed by atoms with E-state index < -0.39 is 5.91 Å². The van der Waals surface area contributed by atoms with Gasteiger partial charge in [-0.2, -0.15) is 5.10 Å². The van der Waals surface area contributed by atoms with Crippen molar-refractivity contribution in [3.8, 4) is 0 Å². The van der Waals surface area contributed by atoms with Gasteiger partial charge in [-0.25, -0.2) is 4.98 Å². The summed E-state index contributed by atoms with van der Waals surface area (Å²) in [5.41, 5.74) is 11.2. The van der Waals surface area contributed by atoms with Gasteiger partial charge in [0.2, 0.25) is 0 Å². The molecule has 0 bridgehead atoms. The van der Waals surface area contributed by atoms with Crippen molar-refractivity contribution in [2.24, 2.45) is 5.73 Å². The third kappa shape index (κ3) is 2.63. The third-order valence-electron chi connectivity index (χ3n) is 2.39. The number of hydrogen-bond donors (Lipinski definition) is 2. The molecule has 0 spiro atoms. The van der Waals surface area contributed by atoms with Crippen molar-refractivity contribution in [3.63, 3.8) is 0 Å². The van der Waals surface area contributed by atoms with Crippen LogP contribution in [0.15, 0.2) is 24.9 Å². The van der Waals surface area contributed by atoms with Gasteiger partial charge in [0, 0.05) is 31.7 Å². The number of carbonyl (C=O) groups excluding carboxylic acids is 1. The Labute approximate surface area is 98.0 Å². The number of rotatable bonds is 5. The zero-order chi connectivity index (χ0) is 12.3. The minimum absolute atomic E-state index is 0.132. The first kappa shape index (κ1) is 11.2. The fourth-order valence-corrected chi connectivity index (χ4v) is 1.58. The lowest BCUT2D eigenvalue weighted by molar-refractivity contribution is 0.0995. The van der Waals surface area contributed by atoms with Crippen LogP contribution in [0.3, 0.4) is 0 Å². The van der Waals surface area contributed by atoms with Crippen molar-refractivity contribution in [2.75, 3.05) is 5.73 Å². The Morgan fingerprint density at radius 1 is 1.41 bits per heavy atom. The van der Waals surface area contributed by atoms with Crippen molar-refractivity contribution in [2.45, 2.75) is 19.5 Å². The monoisotopic (exact) mass is 234 g/mol. The fraction of sp³-hybridized carbons (Fsp3) is 0.300. The summed E-state index contributed by atoms with van der Waals surface area (Å²) >= 11 is 0. The number of aromatic nitrogens is 4. The number of amides is 1. The molecule has 0 aliphatic rings. The van der Waals surface area contributed by atoms with Crippen molar-refractivity contribution < 1.29 is 4.79 Å². The molecule has 0 aromatic carbocycles. The highest BCUT2D eigenvalue weighted by Gasteiger charge is 2.10. The molecule has 0 saturated heterocycles. The largest absolute Gasteiger partial charge is 0.396 e. The molecule has 2 rings (SSSR count). The number of aryl methyl sites for hydroxylation is 2. The predicted octanol–water partition coefficient (Wildman–Crippen LogP) is -0.149. The first-order valence-corrected chi connectivity index (χ1v) is 5.25. The second-order valence-electron chi connectivity index (χ2n) is 3.71. The molecule has 0 fully saturated rings. The van der Waals surface area contributed by atoms with Crippen molar-refractivity contribution in [1.82, 2.24) is 19.3 Å². The highest BCUT2D eigenvalue weighted by Crippen LogP contribution is 2.08. The van der Waals surface area contributed by atoms with Crippen molar-refractivity contribution in [1.29, 1.82) is 0 Å². The summed E-state index contributed by atoms with van der Waals surface area (Å²) < 4.78 is 3.61. The highest BCUT2D eigenvalue weighted by molar-refractivity contribution is 5.95. The van der Waals surface area contributed by atoms with Crippen LogP contribution in [0.1, 0.15) is 16.9 Å². The molecule has 90 valence electrons. The van der Waals surface area contributed by atoms with E-state index in [0.29, 0.717) is 12.2 Å². The Morgan fingerprint density at radius 3 is 2.82 bits per heavy atom. The molecule has 0 radical (unpaired) electrons. The Balaban J connectivity index is 1.91. The molecule has 2 heterocycles. The number of nitrogens with two attached hydrogens (primary N) is 2. The molecule has 1 amide bonds. The Morgan fingerprint density at radius 2 is 2.24 bits per heavy atom. The zero-order valence-corrected chi connectivity index (χ0v) is 9.28. The van der Waals surface area contributed by atoms with Crippen LogP contribution in [-0.2, 0) is 13.1 Å². The number of nitrogens with zero attached hydrogens (tertiary/aromatic N) is 4. The van der Waals surface area contributed by atoms with Gasteiger partial charge in [0.25, 0.3) is 5.91 Å². The van der Waals surface area contributed by atoms with Gasteiger partial charge in [-0.15, -0.1) is 0 Å².